The number of nitrogen functional groups attached to an aromatic ring is 1. The van der Waals surface area contributed by atoms with Gasteiger partial charge in [0.2, 0.25) is 0 Å². The van der Waals surface area contributed by atoms with Crippen molar-refractivity contribution in [3.63, 3.8) is 0 Å². The van der Waals surface area contributed by atoms with Crippen LogP contribution < -0.4 is 10.5 Å². The number of benzene rings is 3. The van der Waals surface area contributed by atoms with Gasteiger partial charge in [0.1, 0.15) is 17.1 Å². The van der Waals surface area contributed by atoms with Crippen LogP contribution >= 0.6 is 0 Å². The summed E-state index contributed by atoms with van der Waals surface area (Å²) >= 11 is 0. The predicted octanol–water partition coefficient (Wildman–Crippen LogP) is 2.80. The van der Waals surface area contributed by atoms with Gasteiger partial charge in [0.05, 0.1) is 12.5 Å². The van der Waals surface area contributed by atoms with Crippen LogP contribution in [0.25, 0.3) is 0 Å². The SMILES string of the molecule is Nc1cccc(C2(O)c3ccc(O)cc3OCC2c2ccc(O)c(O)c2)c1. The monoisotopic (exact) mass is 365 g/mol. The van der Waals surface area contributed by atoms with Crippen molar-refractivity contribution in [1.82, 2.24) is 0 Å². The van der Waals surface area contributed by atoms with Crippen LogP contribution in [0.5, 0.6) is 23.0 Å². The number of rotatable bonds is 2. The Labute approximate surface area is 155 Å². The highest BCUT2D eigenvalue weighted by atomic mass is 16.5. The minimum atomic E-state index is -1.51. The molecule has 1 aliphatic heterocycles. The summed E-state index contributed by atoms with van der Waals surface area (Å²) in [5.41, 5.74) is 6.57. The molecule has 0 radical (unpaired) electrons. The lowest BCUT2D eigenvalue weighted by atomic mass is 9.71. The number of phenols is 3. The first-order chi connectivity index (χ1) is 12.9. The molecule has 138 valence electrons. The maximum atomic E-state index is 11.9. The molecule has 0 saturated heterocycles. The standard InChI is InChI=1S/C21H19NO5/c22-14-3-1-2-13(9-14)21(26)16-6-5-15(23)10-20(16)27-11-17(21)12-4-7-18(24)19(25)8-12/h1-10,17,23-26H,11,22H2. The van der Waals surface area contributed by atoms with Crippen LogP contribution in [-0.2, 0) is 5.60 Å². The summed E-state index contributed by atoms with van der Waals surface area (Å²) in [6.07, 6.45) is 0. The third-order valence-electron chi connectivity index (χ3n) is 5.01. The highest BCUT2D eigenvalue weighted by Gasteiger charge is 2.46. The molecule has 6 nitrogen and oxygen atoms in total. The van der Waals surface area contributed by atoms with Crippen molar-refractivity contribution in [1.29, 1.82) is 0 Å². The molecule has 2 atom stereocenters. The summed E-state index contributed by atoms with van der Waals surface area (Å²) in [5, 5.41) is 41.3. The molecule has 4 rings (SSSR count). The first-order valence-electron chi connectivity index (χ1n) is 8.46. The van der Waals surface area contributed by atoms with Crippen LogP contribution in [0.15, 0.2) is 60.7 Å². The minimum Gasteiger partial charge on any atom is -0.508 e. The summed E-state index contributed by atoms with van der Waals surface area (Å²) in [6, 6.07) is 15.9. The highest BCUT2D eigenvalue weighted by Crippen LogP contribution is 2.50. The minimum absolute atomic E-state index is 0.0319. The summed E-state index contributed by atoms with van der Waals surface area (Å²) in [6.45, 7) is 0.103. The Morgan fingerprint density at radius 1 is 0.926 bits per heavy atom. The van der Waals surface area contributed by atoms with Gasteiger partial charge in [-0.05, 0) is 47.5 Å². The van der Waals surface area contributed by atoms with E-state index in [-0.39, 0.29) is 23.9 Å². The Hall–Kier alpha value is -3.38. The molecule has 0 amide bonds. The number of aliphatic hydroxyl groups is 1. The van der Waals surface area contributed by atoms with Crippen molar-refractivity contribution < 1.29 is 25.2 Å². The number of anilines is 1. The zero-order valence-corrected chi connectivity index (χ0v) is 14.3. The van der Waals surface area contributed by atoms with E-state index in [1.165, 1.54) is 24.3 Å². The first-order valence-corrected chi connectivity index (χ1v) is 8.46. The Morgan fingerprint density at radius 3 is 2.48 bits per heavy atom. The van der Waals surface area contributed by atoms with E-state index in [2.05, 4.69) is 0 Å². The number of hydrogen-bond acceptors (Lipinski definition) is 6. The van der Waals surface area contributed by atoms with Gasteiger partial charge in [-0.2, -0.15) is 0 Å². The number of phenolic OH excluding ortho intramolecular Hbond substituents is 3. The molecule has 0 aliphatic carbocycles. The van der Waals surface area contributed by atoms with Gasteiger partial charge in [0.25, 0.3) is 0 Å². The summed E-state index contributed by atoms with van der Waals surface area (Å²) in [7, 11) is 0. The lowest BCUT2D eigenvalue weighted by Gasteiger charge is -2.42. The molecule has 6 N–H and O–H groups in total. The molecule has 0 spiro atoms. The summed E-state index contributed by atoms with van der Waals surface area (Å²) < 4.78 is 5.79. The van der Waals surface area contributed by atoms with E-state index in [4.69, 9.17) is 10.5 Å². The normalized spacial score (nSPS) is 21.3. The van der Waals surface area contributed by atoms with Crippen molar-refractivity contribution in [3.05, 3.63) is 77.4 Å². The summed E-state index contributed by atoms with van der Waals surface area (Å²) in [5.74, 6) is -0.696. The average molecular weight is 365 g/mol. The van der Waals surface area contributed by atoms with Crippen molar-refractivity contribution in [2.75, 3.05) is 12.3 Å². The number of aromatic hydroxyl groups is 3. The zero-order valence-electron chi connectivity index (χ0n) is 14.3. The van der Waals surface area contributed by atoms with Crippen molar-refractivity contribution in [2.45, 2.75) is 11.5 Å². The molecule has 3 aromatic rings. The molecule has 0 fully saturated rings. The van der Waals surface area contributed by atoms with Gasteiger partial charge in [0.15, 0.2) is 11.5 Å². The second kappa shape index (κ2) is 6.10. The van der Waals surface area contributed by atoms with Gasteiger partial charge in [0, 0.05) is 17.3 Å². The van der Waals surface area contributed by atoms with E-state index in [9.17, 15) is 20.4 Å². The fourth-order valence-corrected chi connectivity index (χ4v) is 3.65. The second-order valence-corrected chi connectivity index (χ2v) is 6.68. The van der Waals surface area contributed by atoms with E-state index >= 15 is 0 Å². The smallest absolute Gasteiger partial charge is 0.157 e. The molecule has 0 saturated carbocycles. The molecule has 2 unspecified atom stereocenters. The Bertz CT molecular complexity index is 1020. The van der Waals surface area contributed by atoms with E-state index in [1.54, 1.807) is 36.4 Å². The highest BCUT2D eigenvalue weighted by molar-refractivity contribution is 5.56. The zero-order chi connectivity index (χ0) is 19.2. The third kappa shape index (κ3) is 2.71. The maximum absolute atomic E-state index is 11.9. The topological polar surface area (TPSA) is 116 Å². The quantitative estimate of drug-likeness (QED) is 0.352. The predicted molar refractivity (Wildman–Crippen MR) is 100.0 cm³/mol. The molecule has 3 aromatic carbocycles. The average Bonchev–Trinajstić information content (AvgIpc) is 2.64. The largest absolute Gasteiger partial charge is 0.508 e. The van der Waals surface area contributed by atoms with Gasteiger partial charge in [-0.25, -0.2) is 0 Å². The maximum Gasteiger partial charge on any atom is 0.157 e. The van der Waals surface area contributed by atoms with Crippen LogP contribution in [0.1, 0.15) is 22.6 Å². The molecule has 6 heteroatoms. The van der Waals surface area contributed by atoms with E-state index in [0.717, 1.165) is 0 Å². The number of nitrogens with two attached hydrogens (primary N) is 1. The van der Waals surface area contributed by atoms with Crippen molar-refractivity contribution in [2.24, 2.45) is 0 Å². The Morgan fingerprint density at radius 2 is 1.74 bits per heavy atom. The van der Waals surface area contributed by atoms with Crippen LogP contribution in [0.3, 0.4) is 0 Å². The van der Waals surface area contributed by atoms with Gasteiger partial charge < -0.3 is 30.9 Å². The van der Waals surface area contributed by atoms with Crippen molar-refractivity contribution >= 4 is 5.69 Å². The van der Waals surface area contributed by atoms with E-state index in [0.29, 0.717) is 28.1 Å². The van der Waals surface area contributed by atoms with Crippen LogP contribution in [0, 0.1) is 0 Å². The molecule has 1 heterocycles. The molecule has 0 bridgehead atoms. The van der Waals surface area contributed by atoms with Gasteiger partial charge in [-0.15, -0.1) is 0 Å². The Balaban J connectivity index is 1.95. The van der Waals surface area contributed by atoms with E-state index < -0.39 is 11.5 Å². The van der Waals surface area contributed by atoms with Gasteiger partial charge >= 0.3 is 0 Å². The molecular weight excluding hydrogens is 346 g/mol. The number of ether oxygens (including phenoxy) is 1. The van der Waals surface area contributed by atoms with Crippen LogP contribution in [-0.4, -0.2) is 27.0 Å². The fraction of sp³-hybridized carbons (Fsp3) is 0.143. The third-order valence-corrected chi connectivity index (χ3v) is 5.01. The van der Waals surface area contributed by atoms with E-state index in [1.807, 2.05) is 0 Å². The van der Waals surface area contributed by atoms with Gasteiger partial charge in [-0.1, -0.05) is 18.2 Å². The van der Waals surface area contributed by atoms with Crippen LogP contribution in [0.4, 0.5) is 5.69 Å². The van der Waals surface area contributed by atoms with Crippen molar-refractivity contribution in [3.8, 4) is 23.0 Å². The Kier molecular flexibility index (Phi) is 3.86. The van der Waals surface area contributed by atoms with Gasteiger partial charge in [-0.3, -0.25) is 0 Å². The van der Waals surface area contributed by atoms with Crippen LogP contribution in [0.2, 0.25) is 0 Å². The lowest BCUT2D eigenvalue weighted by molar-refractivity contribution is 0.0105. The first kappa shape index (κ1) is 17.1. The lowest BCUT2D eigenvalue weighted by Crippen LogP contribution is -2.41. The molecule has 0 aromatic heterocycles. The molecule has 1 aliphatic rings. The molecule has 27 heavy (non-hydrogen) atoms. The number of fused-ring (bicyclic) bond motifs is 1. The summed E-state index contributed by atoms with van der Waals surface area (Å²) in [4.78, 5) is 0. The molecular formula is C21H19NO5. The fourth-order valence-electron chi connectivity index (χ4n) is 3.65. The second-order valence-electron chi connectivity index (χ2n) is 6.68. The number of hydrogen-bond donors (Lipinski definition) is 5.